The van der Waals surface area contributed by atoms with Crippen molar-refractivity contribution in [3.05, 3.63) is 72.4 Å². The molecular weight excluding hydrogens is 238 g/mol. The molecule has 3 rings (SSSR count). The van der Waals surface area contributed by atoms with Crippen LogP contribution >= 0.6 is 0 Å². The van der Waals surface area contributed by atoms with Crippen LogP contribution in [0.15, 0.2) is 71.9 Å². The van der Waals surface area contributed by atoms with Crippen LogP contribution in [0, 0.1) is 0 Å². The Morgan fingerprint density at radius 2 is 1.42 bits per heavy atom. The van der Waals surface area contributed by atoms with Gasteiger partial charge in [-0.15, -0.1) is 0 Å². The Hall–Kier alpha value is -2.68. The molecule has 1 heterocycles. The Balaban J connectivity index is 1.90. The first kappa shape index (κ1) is 11.4. The zero-order chi connectivity index (χ0) is 13.2. The van der Waals surface area contributed by atoms with Crippen molar-refractivity contribution in [2.75, 3.05) is 0 Å². The van der Waals surface area contributed by atoms with Gasteiger partial charge in [0.25, 0.3) is 0 Å². The number of carbonyl (C=O) groups is 1. The fraction of sp³-hybridized carbons (Fsp3) is 0. The molecule has 3 nitrogen and oxygen atoms in total. The van der Waals surface area contributed by atoms with Gasteiger partial charge in [0.1, 0.15) is 5.70 Å². The summed E-state index contributed by atoms with van der Waals surface area (Å²) in [7, 11) is 0. The minimum absolute atomic E-state index is 0.141. The predicted octanol–water partition coefficient (Wildman–Crippen LogP) is 3.17. The summed E-state index contributed by atoms with van der Waals surface area (Å²) >= 11 is 0. The highest BCUT2D eigenvalue weighted by atomic mass is 16.6. The molecule has 2 aromatic rings. The van der Waals surface area contributed by atoms with E-state index in [1.807, 2.05) is 54.6 Å². The molecule has 0 N–H and O–H groups in total. The summed E-state index contributed by atoms with van der Waals surface area (Å²) in [6.07, 6.45) is 0. The molecule has 0 saturated carbocycles. The monoisotopic (exact) mass is 249 g/mol. The minimum Gasteiger partial charge on any atom is -0.402 e. The van der Waals surface area contributed by atoms with Crippen molar-refractivity contribution in [1.29, 1.82) is 0 Å². The van der Waals surface area contributed by atoms with Crippen molar-refractivity contribution in [1.82, 2.24) is 0 Å². The van der Waals surface area contributed by atoms with Crippen LogP contribution in [0.3, 0.4) is 0 Å². The van der Waals surface area contributed by atoms with E-state index in [2.05, 4.69) is 11.6 Å². The highest BCUT2D eigenvalue weighted by Gasteiger charge is 2.21. The SMILES string of the molecule is C=C1N=C(c2ccc(-c3ccccc3)cc2)OC1=O. The number of benzene rings is 2. The molecule has 0 radical (unpaired) electrons. The Kier molecular flexibility index (Phi) is 2.72. The third kappa shape index (κ3) is 2.18. The summed E-state index contributed by atoms with van der Waals surface area (Å²) < 4.78 is 5.02. The first-order valence-corrected chi connectivity index (χ1v) is 5.90. The Morgan fingerprint density at radius 1 is 0.842 bits per heavy atom. The van der Waals surface area contributed by atoms with Gasteiger partial charge in [-0.25, -0.2) is 9.79 Å². The lowest BCUT2D eigenvalue weighted by molar-refractivity contribution is -0.129. The molecule has 92 valence electrons. The maximum absolute atomic E-state index is 11.2. The average Bonchev–Trinajstić information content (AvgIpc) is 2.80. The van der Waals surface area contributed by atoms with Crippen molar-refractivity contribution in [2.45, 2.75) is 0 Å². The topological polar surface area (TPSA) is 38.7 Å². The van der Waals surface area contributed by atoms with Crippen LogP contribution in [0.25, 0.3) is 11.1 Å². The predicted molar refractivity (Wildman–Crippen MR) is 73.6 cm³/mol. The van der Waals surface area contributed by atoms with E-state index >= 15 is 0 Å². The van der Waals surface area contributed by atoms with E-state index in [0.29, 0.717) is 5.90 Å². The largest absolute Gasteiger partial charge is 0.402 e. The van der Waals surface area contributed by atoms with Crippen molar-refractivity contribution in [3.63, 3.8) is 0 Å². The van der Waals surface area contributed by atoms with Crippen LogP contribution in [0.1, 0.15) is 5.56 Å². The van der Waals surface area contributed by atoms with Crippen LogP contribution in [-0.4, -0.2) is 11.9 Å². The van der Waals surface area contributed by atoms with Crippen LogP contribution in [-0.2, 0) is 9.53 Å². The van der Waals surface area contributed by atoms with Gasteiger partial charge in [-0.2, -0.15) is 0 Å². The molecule has 0 bridgehead atoms. The van der Waals surface area contributed by atoms with Crippen molar-refractivity contribution >= 4 is 11.9 Å². The van der Waals surface area contributed by atoms with Crippen LogP contribution in [0.4, 0.5) is 0 Å². The van der Waals surface area contributed by atoms with Gasteiger partial charge in [0.15, 0.2) is 0 Å². The van der Waals surface area contributed by atoms with Gasteiger partial charge >= 0.3 is 5.97 Å². The summed E-state index contributed by atoms with van der Waals surface area (Å²) in [5.41, 5.74) is 3.16. The van der Waals surface area contributed by atoms with Gasteiger partial charge in [-0.05, 0) is 23.3 Å². The number of hydrogen-bond donors (Lipinski definition) is 0. The molecule has 0 atom stereocenters. The number of aliphatic imine (C=N–C) groups is 1. The molecule has 0 aliphatic carbocycles. The second-order valence-electron chi connectivity index (χ2n) is 4.20. The highest BCUT2D eigenvalue weighted by molar-refractivity contribution is 6.10. The summed E-state index contributed by atoms with van der Waals surface area (Å²) in [5.74, 6) is -0.170. The van der Waals surface area contributed by atoms with Crippen molar-refractivity contribution < 1.29 is 9.53 Å². The normalized spacial score (nSPS) is 14.2. The van der Waals surface area contributed by atoms with Gasteiger partial charge in [0.2, 0.25) is 5.90 Å². The number of esters is 1. The maximum Gasteiger partial charge on any atom is 0.363 e. The van der Waals surface area contributed by atoms with E-state index in [4.69, 9.17) is 4.74 Å². The summed E-state index contributed by atoms with van der Waals surface area (Å²) in [5, 5.41) is 0. The van der Waals surface area contributed by atoms with Gasteiger partial charge in [0.05, 0.1) is 0 Å². The molecule has 0 fully saturated rings. The molecule has 0 amide bonds. The number of nitrogens with zero attached hydrogens (tertiary/aromatic N) is 1. The summed E-state index contributed by atoms with van der Waals surface area (Å²) in [6, 6.07) is 17.8. The van der Waals surface area contributed by atoms with Crippen LogP contribution in [0.2, 0.25) is 0 Å². The number of ether oxygens (including phenoxy) is 1. The molecule has 0 unspecified atom stereocenters. The minimum atomic E-state index is -0.484. The third-order valence-corrected chi connectivity index (χ3v) is 2.90. The standard InChI is InChI=1S/C16H11NO2/c1-11-16(18)19-15(17-11)14-9-7-13(8-10-14)12-5-3-2-4-6-12/h2-10H,1H2. The molecule has 19 heavy (non-hydrogen) atoms. The van der Waals surface area contributed by atoms with Gasteiger partial charge < -0.3 is 4.74 Å². The van der Waals surface area contributed by atoms with E-state index in [0.717, 1.165) is 16.7 Å². The fourth-order valence-corrected chi connectivity index (χ4v) is 1.90. The summed E-state index contributed by atoms with van der Waals surface area (Å²) in [6.45, 7) is 3.51. The third-order valence-electron chi connectivity index (χ3n) is 2.90. The van der Waals surface area contributed by atoms with E-state index in [1.165, 1.54) is 0 Å². The molecular formula is C16H11NO2. The van der Waals surface area contributed by atoms with E-state index < -0.39 is 5.97 Å². The highest BCUT2D eigenvalue weighted by Crippen LogP contribution is 2.21. The molecule has 0 saturated heterocycles. The molecule has 0 spiro atoms. The van der Waals surface area contributed by atoms with E-state index in [-0.39, 0.29) is 5.70 Å². The Bertz CT molecular complexity index is 670. The van der Waals surface area contributed by atoms with E-state index in [9.17, 15) is 4.79 Å². The quantitative estimate of drug-likeness (QED) is 0.605. The van der Waals surface area contributed by atoms with Crippen molar-refractivity contribution in [3.8, 4) is 11.1 Å². The first-order valence-electron chi connectivity index (χ1n) is 5.90. The molecule has 0 aromatic heterocycles. The Morgan fingerprint density at radius 3 is 2.00 bits per heavy atom. The number of rotatable bonds is 2. The first-order chi connectivity index (χ1) is 9.24. The average molecular weight is 249 g/mol. The van der Waals surface area contributed by atoms with Crippen LogP contribution < -0.4 is 0 Å². The Labute approximate surface area is 110 Å². The maximum atomic E-state index is 11.2. The smallest absolute Gasteiger partial charge is 0.363 e. The number of cyclic esters (lactones) is 1. The zero-order valence-corrected chi connectivity index (χ0v) is 10.2. The van der Waals surface area contributed by atoms with Gasteiger partial charge in [-0.3, -0.25) is 0 Å². The van der Waals surface area contributed by atoms with Gasteiger partial charge in [0, 0.05) is 5.56 Å². The summed E-state index contributed by atoms with van der Waals surface area (Å²) in [4.78, 5) is 15.2. The van der Waals surface area contributed by atoms with Gasteiger partial charge in [-0.1, -0.05) is 49.0 Å². The number of hydrogen-bond acceptors (Lipinski definition) is 3. The van der Waals surface area contributed by atoms with Crippen LogP contribution in [0.5, 0.6) is 0 Å². The molecule has 1 aliphatic rings. The zero-order valence-electron chi connectivity index (χ0n) is 10.2. The second-order valence-corrected chi connectivity index (χ2v) is 4.20. The van der Waals surface area contributed by atoms with E-state index in [1.54, 1.807) is 0 Å². The molecule has 1 aliphatic heterocycles. The number of carbonyl (C=O) groups excluding carboxylic acids is 1. The second kappa shape index (κ2) is 4.53. The van der Waals surface area contributed by atoms with Crippen molar-refractivity contribution in [2.24, 2.45) is 4.99 Å². The molecule has 2 aromatic carbocycles. The lowest BCUT2D eigenvalue weighted by atomic mass is 10.0. The lowest BCUT2D eigenvalue weighted by Gasteiger charge is -2.03. The molecule has 3 heteroatoms. The lowest BCUT2D eigenvalue weighted by Crippen LogP contribution is -2.04. The fourth-order valence-electron chi connectivity index (χ4n) is 1.90.